The largest absolute Gasteiger partial charge is 0.478 e. The molecule has 1 aromatic carbocycles. The minimum Gasteiger partial charge on any atom is -0.478 e. The summed E-state index contributed by atoms with van der Waals surface area (Å²) in [4.78, 5) is 11.2. The van der Waals surface area contributed by atoms with Gasteiger partial charge in [-0.2, -0.15) is 0 Å². The maximum absolute atomic E-state index is 11.2. The molecule has 0 spiro atoms. The Morgan fingerprint density at radius 1 is 1.45 bits per heavy atom. The van der Waals surface area contributed by atoms with Crippen molar-refractivity contribution >= 4 is 17.0 Å². The number of fused-ring (bicyclic) bond motifs is 1. The number of carboxylic acid groups (broad SMARTS) is 1. The number of aromatic carboxylic acids is 1. The molecule has 0 aliphatic heterocycles. The molecule has 1 aliphatic rings. The van der Waals surface area contributed by atoms with Crippen molar-refractivity contribution in [2.45, 2.75) is 39.2 Å². The van der Waals surface area contributed by atoms with Crippen LogP contribution in [0.2, 0.25) is 0 Å². The standard InChI is InChI=1S/C15H19N3O2/c1-10-4-2-5-11(8-10)9-18-13-7-3-6-12(15(19)20)14(13)16-17-18/h3,6-7,10-11H,2,4-5,8-9H2,1H3,(H,19,20). The van der Waals surface area contributed by atoms with E-state index in [0.29, 0.717) is 11.4 Å². The summed E-state index contributed by atoms with van der Waals surface area (Å²) >= 11 is 0. The van der Waals surface area contributed by atoms with Gasteiger partial charge in [-0.25, -0.2) is 9.48 Å². The van der Waals surface area contributed by atoms with Crippen LogP contribution in [0, 0.1) is 11.8 Å². The summed E-state index contributed by atoms with van der Waals surface area (Å²) in [6.07, 6.45) is 5.04. The second kappa shape index (κ2) is 5.23. The molecule has 1 heterocycles. The average molecular weight is 273 g/mol. The fourth-order valence-corrected chi connectivity index (χ4v) is 3.27. The van der Waals surface area contributed by atoms with Gasteiger partial charge in [0.2, 0.25) is 0 Å². The lowest BCUT2D eigenvalue weighted by Crippen LogP contribution is -2.19. The number of benzene rings is 1. The minimum atomic E-state index is -0.950. The first kappa shape index (κ1) is 13.1. The third-order valence-corrected chi connectivity index (χ3v) is 4.25. The number of nitrogens with zero attached hydrogens (tertiary/aromatic N) is 3. The van der Waals surface area contributed by atoms with Crippen molar-refractivity contribution in [3.8, 4) is 0 Å². The number of carbonyl (C=O) groups is 1. The Kier molecular flexibility index (Phi) is 3.42. The van der Waals surface area contributed by atoms with E-state index >= 15 is 0 Å². The Morgan fingerprint density at radius 3 is 3.05 bits per heavy atom. The van der Waals surface area contributed by atoms with E-state index in [1.165, 1.54) is 25.7 Å². The van der Waals surface area contributed by atoms with E-state index in [1.54, 1.807) is 12.1 Å². The maximum atomic E-state index is 11.2. The van der Waals surface area contributed by atoms with E-state index < -0.39 is 5.97 Å². The Bertz CT molecular complexity index is 635. The predicted octanol–water partition coefficient (Wildman–Crippen LogP) is 2.96. The number of carboxylic acids is 1. The summed E-state index contributed by atoms with van der Waals surface area (Å²) in [5, 5.41) is 17.4. The van der Waals surface area contributed by atoms with Crippen LogP contribution in [0.4, 0.5) is 0 Å². The molecular formula is C15H19N3O2. The molecular weight excluding hydrogens is 254 g/mol. The Labute approximate surface area is 117 Å². The van der Waals surface area contributed by atoms with Gasteiger partial charge < -0.3 is 5.11 Å². The number of aromatic nitrogens is 3. The molecule has 1 aromatic heterocycles. The molecule has 5 heteroatoms. The number of rotatable bonds is 3. The molecule has 0 amide bonds. The Hall–Kier alpha value is -1.91. The van der Waals surface area contributed by atoms with Crippen LogP contribution in [0.25, 0.3) is 11.0 Å². The van der Waals surface area contributed by atoms with Crippen LogP contribution in [0.15, 0.2) is 18.2 Å². The second-order valence-electron chi connectivity index (χ2n) is 5.89. The van der Waals surface area contributed by atoms with Gasteiger partial charge in [-0.05, 0) is 36.8 Å². The van der Waals surface area contributed by atoms with E-state index in [-0.39, 0.29) is 5.56 Å². The predicted molar refractivity (Wildman–Crippen MR) is 75.6 cm³/mol. The first-order chi connectivity index (χ1) is 9.65. The van der Waals surface area contributed by atoms with Crippen molar-refractivity contribution in [3.05, 3.63) is 23.8 Å². The summed E-state index contributed by atoms with van der Waals surface area (Å²) in [5.74, 6) is 0.448. The van der Waals surface area contributed by atoms with Crippen LogP contribution in [-0.2, 0) is 6.54 Å². The zero-order chi connectivity index (χ0) is 14.1. The van der Waals surface area contributed by atoms with Gasteiger partial charge >= 0.3 is 5.97 Å². The highest BCUT2D eigenvalue weighted by atomic mass is 16.4. The fourth-order valence-electron chi connectivity index (χ4n) is 3.27. The van der Waals surface area contributed by atoms with Gasteiger partial charge in [0, 0.05) is 6.54 Å². The molecule has 2 atom stereocenters. The lowest BCUT2D eigenvalue weighted by molar-refractivity contribution is 0.0699. The molecule has 0 radical (unpaired) electrons. The van der Waals surface area contributed by atoms with Crippen LogP contribution >= 0.6 is 0 Å². The molecule has 20 heavy (non-hydrogen) atoms. The van der Waals surface area contributed by atoms with Crippen LogP contribution < -0.4 is 0 Å². The van der Waals surface area contributed by atoms with Gasteiger partial charge in [0.15, 0.2) is 0 Å². The molecule has 2 unspecified atom stereocenters. The van der Waals surface area contributed by atoms with Gasteiger partial charge in [0.1, 0.15) is 5.52 Å². The van der Waals surface area contributed by atoms with Gasteiger partial charge in [0.05, 0.1) is 11.1 Å². The molecule has 5 nitrogen and oxygen atoms in total. The molecule has 3 rings (SSSR count). The average Bonchev–Trinajstić information content (AvgIpc) is 2.82. The molecule has 1 N–H and O–H groups in total. The summed E-state index contributed by atoms with van der Waals surface area (Å²) in [6, 6.07) is 5.23. The molecule has 1 fully saturated rings. The topological polar surface area (TPSA) is 68.0 Å². The SMILES string of the molecule is CC1CCCC(Cn2nnc3c(C(=O)O)cccc32)C1. The number of hydrogen-bond donors (Lipinski definition) is 1. The smallest absolute Gasteiger partial charge is 0.338 e. The fraction of sp³-hybridized carbons (Fsp3) is 0.533. The van der Waals surface area contributed by atoms with E-state index in [0.717, 1.165) is 18.0 Å². The van der Waals surface area contributed by atoms with Crippen molar-refractivity contribution in [1.82, 2.24) is 15.0 Å². The molecule has 2 aromatic rings. The van der Waals surface area contributed by atoms with Crippen molar-refractivity contribution in [2.75, 3.05) is 0 Å². The van der Waals surface area contributed by atoms with Crippen LogP contribution in [0.5, 0.6) is 0 Å². The minimum absolute atomic E-state index is 0.228. The molecule has 0 bridgehead atoms. The van der Waals surface area contributed by atoms with Crippen molar-refractivity contribution in [3.63, 3.8) is 0 Å². The highest BCUT2D eigenvalue weighted by Crippen LogP contribution is 2.30. The van der Waals surface area contributed by atoms with Crippen molar-refractivity contribution in [1.29, 1.82) is 0 Å². The van der Waals surface area contributed by atoms with Crippen molar-refractivity contribution < 1.29 is 9.90 Å². The lowest BCUT2D eigenvalue weighted by atomic mass is 9.82. The molecule has 1 aliphatic carbocycles. The molecule has 1 saturated carbocycles. The van der Waals surface area contributed by atoms with Gasteiger partial charge in [-0.3, -0.25) is 0 Å². The van der Waals surface area contributed by atoms with Gasteiger partial charge in [-0.15, -0.1) is 5.10 Å². The summed E-state index contributed by atoms with van der Waals surface area (Å²) in [7, 11) is 0. The first-order valence-corrected chi connectivity index (χ1v) is 7.20. The van der Waals surface area contributed by atoms with Gasteiger partial charge in [-0.1, -0.05) is 31.0 Å². The van der Waals surface area contributed by atoms with Crippen LogP contribution in [-0.4, -0.2) is 26.1 Å². The normalized spacial score (nSPS) is 23.1. The lowest BCUT2D eigenvalue weighted by Gasteiger charge is -2.26. The third-order valence-electron chi connectivity index (χ3n) is 4.25. The van der Waals surface area contributed by atoms with Crippen LogP contribution in [0.1, 0.15) is 43.0 Å². The third kappa shape index (κ3) is 2.40. The highest BCUT2D eigenvalue weighted by molar-refractivity contribution is 6.00. The van der Waals surface area contributed by atoms with E-state index in [1.807, 2.05) is 10.7 Å². The Morgan fingerprint density at radius 2 is 2.30 bits per heavy atom. The number of hydrogen-bond acceptors (Lipinski definition) is 3. The zero-order valence-electron chi connectivity index (χ0n) is 11.6. The quantitative estimate of drug-likeness (QED) is 0.933. The van der Waals surface area contributed by atoms with Crippen LogP contribution in [0.3, 0.4) is 0 Å². The van der Waals surface area contributed by atoms with E-state index in [2.05, 4.69) is 17.2 Å². The van der Waals surface area contributed by atoms with E-state index in [4.69, 9.17) is 0 Å². The van der Waals surface area contributed by atoms with Gasteiger partial charge in [0.25, 0.3) is 0 Å². The summed E-state index contributed by atoms with van der Waals surface area (Å²) in [6.45, 7) is 3.14. The van der Waals surface area contributed by atoms with Crippen molar-refractivity contribution in [2.24, 2.45) is 11.8 Å². The molecule has 0 saturated heterocycles. The second-order valence-corrected chi connectivity index (χ2v) is 5.89. The van der Waals surface area contributed by atoms with E-state index in [9.17, 15) is 9.90 Å². The molecule has 106 valence electrons. The summed E-state index contributed by atoms with van der Waals surface area (Å²) < 4.78 is 1.87. The monoisotopic (exact) mass is 273 g/mol. The highest BCUT2D eigenvalue weighted by Gasteiger charge is 2.21. The zero-order valence-corrected chi connectivity index (χ0v) is 11.6. The Balaban J connectivity index is 1.89. The summed E-state index contributed by atoms with van der Waals surface area (Å²) in [5.41, 5.74) is 1.54. The maximum Gasteiger partial charge on any atom is 0.338 e. The first-order valence-electron chi connectivity index (χ1n) is 7.20.